The Morgan fingerprint density at radius 3 is 2.10 bits per heavy atom. The second kappa shape index (κ2) is 9.43. The highest BCUT2D eigenvalue weighted by Crippen LogP contribution is 2.30. The standard InChI is InChI=1S/C19H23N5O7/c1-9(20)18(28)22-11(3)19(29)21-10(2)17(27)13-8-12(24(30)31)4-5-14(13)23-15(25)6-7-16(23)26/h4-5,8-11H,6-7,20H2,1-3H3,(H,21,29)(H,22,28)/t9-,10-,11-/m0/s1. The van der Waals surface area contributed by atoms with Crippen LogP contribution in [0, 0.1) is 10.1 Å². The van der Waals surface area contributed by atoms with Crippen LogP contribution in [0.1, 0.15) is 44.0 Å². The van der Waals surface area contributed by atoms with Crippen molar-refractivity contribution >= 4 is 40.8 Å². The van der Waals surface area contributed by atoms with E-state index in [4.69, 9.17) is 5.73 Å². The molecule has 1 fully saturated rings. The number of carbonyl (C=O) groups is 5. The largest absolute Gasteiger partial charge is 0.344 e. The Hall–Kier alpha value is -3.67. The number of nitrogens with one attached hydrogen (secondary N) is 2. The third-order valence-electron chi connectivity index (χ3n) is 4.67. The van der Waals surface area contributed by atoms with Crippen LogP contribution < -0.4 is 21.3 Å². The average Bonchev–Trinajstić information content (AvgIpc) is 3.04. The van der Waals surface area contributed by atoms with Crippen molar-refractivity contribution in [3.8, 4) is 0 Å². The second-order valence-corrected chi connectivity index (χ2v) is 7.19. The fourth-order valence-electron chi connectivity index (χ4n) is 2.92. The van der Waals surface area contributed by atoms with Gasteiger partial charge >= 0.3 is 0 Å². The van der Waals surface area contributed by atoms with Crippen LogP contribution in [-0.4, -0.2) is 52.5 Å². The lowest BCUT2D eigenvalue weighted by Crippen LogP contribution is -2.52. The summed E-state index contributed by atoms with van der Waals surface area (Å²) in [7, 11) is 0. The van der Waals surface area contributed by atoms with Crippen molar-refractivity contribution < 1.29 is 28.9 Å². The summed E-state index contributed by atoms with van der Waals surface area (Å²) in [6, 6.07) is 0.195. The molecule has 31 heavy (non-hydrogen) atoms. The molecule has 1 aliphatic rings. The number of nitro groups is 1. The summed E-state index contributed by atoms with van der Waals surface area (Å²) in [6.07, 6.45) is -0.0704. The Balaban J connectivity index is 2.30. The summed E-state index contributed by atoms with van der Waals surface area (Å²) < 4.78 is 0. The van der Waals surface area contributed by atoms with Gasteiger partial charge in [0, 0.05) is 25.0 Å². The van der Waals surface area contributed by atoms with Gasteiger partial charge in [-0.3, -0.25) is 34.1 Å². The molecule has 1 heterocycles. The molecule has 0 spiro atoms. The molecule has 0 radical (unpaired) electrons. The zero-order valence-electron chi connectivity index (χ0n) is 17.2. The highest BCUT2D eigenvalue weighted by molar-refractivity contribution is 6.22. The molecule has 2 rings (SSSR count). The second-order valence-electron chi connectivity index (χ2n) is 7.19. The van der Waals surface area contributed by atoms with Crippen LogP contribution in [-0.2, 0) is 19.2 Å². The number of benzene rings is 1. The smallest absolute Gasteiger partial charge is 0.270 e. The lowest BCUT2D eigenvalue weighted by Gasteiger charge is -2.21. The number of non-ortho nitro benzene ring substituents is 1. The van der Waals surface area contributed by atoms with Crippen LogP contribution in [0.2, 0.25) is 0 Å². The first kappa shape index (κ1) is 23.6. The first-order valence-electron chi connectivity index (χ1n) is 9.48. The van der Waals surface area contributed by atoms with Gasteiger partial charge in [-0.05, 0) is 26.8 Å². The molecule has 0 bridgehead atoms. The quantitative estimate of drug-likeness (QED) is 0.218. The van der Waals surface area contributed by atoms with Crippen molar-refractivity contribution in [3.63, 3.8) is 0 Å². The number of ketones is 1. The van der Waals surface area contributed by atoms with Crippen LogP contribution in [0.5, 0.6) is 0 Å². The molecule has 1 aromatic rings. The fraction of sp³-hybridized carbons (Fsp3) is 0.421. The third-order valence-corrected chi connectivity index (χ3v) is 4.67. The molecule has 0 unspecified atom stereocenters. The Morgan fingerprint density at radius 2 is 1.58 bits per heavy atom. The van der Waals surface area contributed by atoms with Crippen molar-refractivity contribution in [1.29, 1.82) is 0 Å². The number of nitrogens with two attached hydrogens (primary N) is 1. The topological polar surface area (TPSA) is 182 Å². The lowest BCUT2D eigenvalue weighted by atomic mass is 10.0. The highest BCUT2D eigenvalue weighted by atomic mass is 16.6. The monoisotopic (exact) mass is 433 g/mol. The molecular weight excluding hydrogens is 410 g/mol. The minimum absolute atomic E-state index is 0.0352. The van der Waals surface area contributed by atoms with E-state index in [1.54, 1.807) is 0 Å². The Labute approximate surface area is 177 Å². The SMILES string of the molecule is C[C@H](N)C(=O)N[C@@H](C)C(=O)N[C@@H](C)C(=O)c1cc([N+](=O)[O-])ccc1N1C(=O)CCC1=O. The van der Waals surface area contributed by atoms with E-state index >= 15 is 0 Å². The molecule has 4 amide bonds. The number of imide groups is 1. The summed E-state index contributed by atoms with van der Waals surface area (Å²) in [4.78, 5) is 72.4. The summed E-state index contributed by atoms with van der Waals surface area (Å²) in [6.45, 7) is 4.18. The number of nitro benzene ring substituents is 1. The van der Waals surface area contributed by atoms with Crippen molar-refractivity contribution in [2.75, 3.05) is 4.90 Å². The summed E-state index contributed by atoms with van der Waals surface area (Å²) >= 11 is 0. The van der Waals surface area contributed by atoms with Crippen molar-refractivity contribution in [1.82, 2.24) is 10.6 Å². The Morgan fingerprint density at radius 1 is 1.03 bits per heavy atom. The van der Waals surface area contributed by atoms with E-state index in [2.05, 4.69) is 10.6 Å². The van der Waals surface area contributed by atoms with Gasteiger partial charge in [-0.25, -0.2) is 4.90 Å². The minimum Gasteiger partial charge on any atom is -0.344 e. The molecule has 1 aliphatic heterocycles. The zero-order valence-corrected chi connectivity index (χ0v) is 17.2. The predicted octanol–water partition coefficient (Wildman–Crippen LogP) is -0.212. The number of hydrogen-bond donors (Lipinski definition) is 3. The number of hydrogen-bond acceptors (Lipinski definition) is 8. The first-order valence-corrected chi connectivity index (χ1v) is 9.48. The van der Waals surface area contributed by atoms with Gasteiger partial charge in [-0.15, -0.1) is 0 Å². The maximum absolute atomic E-state index is 13.0. The maximum atomic E-state index is 13.0. The molecule has 12 heteroatoms. The van der Waals surface area contributed by atoms with Gasteiger partial charge in [0.15, 0.2) is 5.78 Å². The van der Waals surface area contributed by atoms with E-state index < -0.39 is 58.1 Å². The minimum atomic E-state index is -1.17. The van der Waals surface area contributed by atoms with Gasteiger partial charge < -0.3 is 16.4 Å². The average molecular weight is 433 g/mol. The summed E-state index contributed by atoms with van der Waals surface area (Å²) in [5.41, 5.74) is 4.69. The zero-order chi connectivity index (χ0) is 23.5. The molecule has 0 aliphatic carbocycles. The van der Waals surface area contributed by atoms with E-state index in [1.807, 2.05) is 0 Å². The van der Waals surface area contributed by atoms with Crippen molar-refractivity contribution in [2.24, 2.45) is 5.73 Å². The molecular formula is C19H23N5O7. The van der Waals surface area contributed by atoms with Crippen LogP contribution in [0.25, 0.3) is 0 Å². The maximum Gasteiger partial charge on any atom is 0.270 e. The van der Waals surface area contributed by atoms with E-state index in [9.17, 15) is 34.1 Å². The Bertz CT molecular complexity index is 943. The van der Waals surface area contributed by atoms with Crippen LogP contribution in [0.3, 0.4) is 0 Å². The Kier molecular flexibility index (Phi) is 7.18. The number of rotatable bonds is 8. The van der Waals surface area contributed by atoms with Gasteiger partial charge in [0.05, 0.1) is 28.3 Å². The van der Waals surface area contributed by atoms with E-state index in [1.165, 1.54) is 20.8 Å². The van der Waals surface area contributed by atoms with Gasteiger partial charge in [-0.1, -0.05) is 0 Å². The van der Waals surface area contributed by atoms with Crippen LogP contribution in [0.15, 0.2) is 18.2 Å². The third kappa shape index (κ3) is 5.28. The van der Waals surface area contributed by atoms with E-state index in [0.29, 0.717) is 0 Å². The van der Waals surface area contributed by atoms with Crippen LogP contribution >= 0.6 is 0 Å². The fourth-order valence-corrected chi connectivity index (χ4v) is 2.92. The van der Waals surface area contributed by atoms with Crippen LogP contribution in [0.4, 0.5) is 11.4 Å². The molecule has 1 saturated heterocycles. The number of Topliss-reactive ketones (excluding diaryl/α,β-unsaturated/α-hetero) is 1. The summed E-state index contributed by atoms with van der Waals surface area (Å²) in [5, 5.41) is 15.9. The molecule has 4 N–H and O–H groups in total. The summed E-state index contributed by atoms with van der Waals surface area (Å²) in [5.74, 6) is -3.05. The first-order chi connectivity index (χ1) is 14.4. The molecule has 3 atom stereocenters. The molecule has 0 aromatic heterocycles. The highest BCUT2D eigenvalue weighted by Gasteiger charge is 2.35. The van der Waals surface area contributed by atoms with Gasteiger partial charge in [0.2, 0.25) is 23.6 Å². The molecule has 0 saturated carbocycles. The van der Waals surface area contributed by atoms with E-state index in [0.717, 1.165) is 23.1 Å². The van der Waals surface area contributed by atoms with E-state index in [-0.39, 0.29) is 24.1 Å². The molecule has 1 aromatic carbocycles. The van der Waals surface area contributed by atoms with Gasteiger partial charge in [0.25, 0.3) is 5.69 Å². The number of carbonyl (C=O) groups excluding carboxylic acids is 5. The molecule has 12 nitrogen and oxygen atoms in total. The normalized spacial score (nSPS) is 16.5. The molecule has 166 valence electrons. The van der Waals surface area contributed by atoms with Crippen molar-refractivity contribution in [2.45, 2.75) is 51.7 Å². The lowest BCUT2D eigenvalue weighted by molar-refractivity contribution is -0.384. The van der Waals surface area contributed by atoms with Crippen molar-refractivity contribution in [3.05, 3.63) is 33.9 Å². The van der Waals surface area contributed by atoms with Gasteiger partial charge in [-0.2, -0.15) is 0 Å². The number of anilines is 1. The number of amides is 4. The predicted molar refractivity (Wildman–Crippen MR) is 108 cm³/mol. The number of nitrogens with zero attached hydrogens (tertiary/aromatic N) is 2. The van der Waals surface area contributed by atoms with Gasteiger partial charge in [0.1, 0.15) is 6.04 Å².